The molecule has 0 unspecified atom stereocenters. The molecule has 1 aromatic heterocycles. The Morgan fingerprint density at radius 2 is 1.70 bits per heavy atom. The van der Waals surface area contributed by atoms with E-state index in [0.29, 0.717) is 24.3 Å². The number of nitrogens with one attached hydrogen (secondary N) is 1. The summed E-state index contributed by atoms with van der Waals surface area (Å²) in [4.78, 5) is 21.4. The Balaban J connectivity index is 1.33. The lowest BCUT2D eigenvalue weighted by Gasteiger charge is -2.34. The van der Waals surface area contributed by atoms with Crippen LogP contribution >= 0.6 is 0 Å². The second-order valence-electron chi connectivity index (χ2n) is 7.27. The number of pyridine rings is 1. The molecule has 0 saturated carbocycles. The van der Waals surface area contributed by atoms with E-state index in [2.05, 4.69) is 45.5 Å². The van der Waals surface area contributed by atoms with Gasteiger partial charge in [0, 0.05) is 32.7 Å². The average molecular weight is 397 g/mol. The van der Waals surface area contributed by atoms with Crippen LogP contribution in [0.25, 0.3) is 0 Å². The molecule has 3 aromatic rings. The highest BCUT2D eigenvalue weighted by atomic mass is 16.2. The van der Waals surface area contributed by atoms with Crippen molar-refractivity contribution in [2.75, 3.05) is 31.5 Å². The summed E-state index contributed by atoms with van der Waals surface area (Å²) in [5.41, 5.74) is 3.74. The molecule has 1 amide bonds. The first-order valence-corrected chi connectivity index (χ1v) is 10.0. The van der Waals surface area contributed by atoms with E-state index in [-0.39, 0.29) is 5.91 Å². The summed E-state index contributed by atoms with van der Waals surface area (Å²) in [6.45, 7) is 4.01. The number of nitriles is 1. The molecule has 1 saturated heterocycles. The fourth-order valence-electron chi connectivity index (χ4n) is 3.55. The van der Waals surface area contributed by atoms with Gasteiger partial charge in [-0.25, -0.2) is 4.98 Å². The van der Waals surface area contributed by atoms with E-state index in [9.17, 15) is 10.1 Å². The van der Waals surface area contributed by atoms with Crippen LogP contribution in [0, 0.1) is 11.3 Å². The minimum Gasteiger partial charge on any atom is -0.353 e. The molecular formula is C24H23N5O. The topological polar surface area (TPSA) is 72.3 Å². The first-order valence-electron chi connectivity index (χ1n) is 10.0. The number of aromatic nitrogens is 1. The second-order valence-corrected chi connectivity index (χ2v) is 7.27. The van der Waals surface area contributed by atoms with Crippen molar-refractivity contribution < 1.29 is 4.79 Å². The molecule has 1 fully saturated rings. The van der Waals surface area contributed by atoms with Gasteiger partial charge in [-0.2, -0.15) is 5.26 Å². The van der Waals surface area contributed by atoms with E-state index in [1.807, 2.05) is 35.2 Å². The number of anilines is 2. The highest BCUT2D eigenvalue weighted by molar-refractivity contribution is 5.92. The van der Waals surface area contributed by atoms with Crippen molar-refractivity contribution in [3.63, 3.8) is 0 Å². The maximum atomic E-state index is 12.8. The summed E-state index contributed by atoms with van der Waals surface area (Å²) in [6.07, 6.45) is 1.63. The Labute approximate surface area is 176 Å². The Bertz CT molecular complexity index is 1040. The third-order valence-electron chi connectivity index (χ3n) is 5.22. The second kappa shape index (κ2) is 9.21. The van der Waals surface area contributed by atoms with Gasteiger partial charge in [0.25, 0.3) is 5.91 Å². The molecule has 0 atom stereocenters. The van der Waals surface area contributed by atoms with Gasteiger partial charge in [-0.3, -0.25) is 9.69 Å². The van der Waals surface area contributed by atoms with Crippen LogP contribution in [0.3, 0.4) is 0 Å². The molecule has 1 N–H and O–H groups in total. The number of benzene rings is 2. The Hall–Kier alpha value is -3.69. The SMILES string of the molecule is N#Cc1ccccc1Nc1ccc(C(=O)N2CCN(Cc3ccccc3)CC2)nc1. The van der Waals surface area contributed by atoms with Crippen LogP contribution in [0.15, 0.2) is 72.9 Å². The molecule has 2 heterocycles. The smallest absolute Gasteiger partial charge is 0.272 e. The minimum atomic E-state index is -0.0432. The van der Waals surface area contributed by atoms with E-state index < -0.39 is 0 Å². The van der Waals surface area contributed by atoms with Gasteiger partial charge in [0.05, 0.1) is 23.1 Å². The molecule has 0 radical (unpaired) electrons. The summed E-state index contributed by atoms with van der Waals surface area (Å²) in [5, 5.41) is 12.4. The van der Waals surface area contributed by atoms with E-state index >= 15 is 0 Å². The van der Waals surface area contributed by atoms with Gasteiger partial charge < -0.3 is 10.2 Å². The van der Waals surface area contributed by atoms with Gasteiger partial charge in [0.1, 0.15) is 11.8 Å². The number of piperazine rings is 1. The van der Waals surface area contributed by atoms with Crippen LogP contribution in [0.1, 0.15) is 21.6 Å². The predicted molar refractivity (Wildman–Crippen MR) is 116 cm³/mol. The van der Waals surface area contributed by atoms with Crippen LogP contribution in [-0.4, -0.2) is 46.9 Å². The summed E-state index contributed by atoms with van der Waals surface area (Å²) < 4.78 is 0. The molecule has 2 aromatic carbocycles. The van der Waals surface area contributed by atoms with E-state index in [1.54, 1.807) is 18.3 Å². The molecular weight excluding hydrogens is 374 g/mol. The summed E-state index contributed by atoms with van der Waals surface area (Å²) in [5.74, 6) is -0.0432. The monoisotopic (exact) mass is 397 g/mol. The third kappa shape index (κ3) is 4.65. The van der Waals surface area contributed by atoms with E-state index in [1.165, 1.54) is 5.56 Å². The van der Waals surface area contributed by atoms with Gasteiger partial charge in [0.2, 0.25) is 0 Å². The van der Waals surface area contributed by atoms with Crippen molar-refractivity contribution in [1.82, 2.24) is 14.8 Å². The summed E-state index contributed by atoms with van der Waals surface area (Å²) >= 11 is 0. The van der Waals surface area contributed by atoms with Gasteiger partial charge in [0.15, 0.2) is 0 Å². The first kappa shape index (κ1) is 19.6. The Morgan fingerprint density at radius 3 is 2.40 bits per heavy atom. The first-order chi connectivity index (χ1) is 14.7. The molecule has 0 bridgehead atoms. The number of para-hydroxylation sites is 1. The molecule has 1 aliphatic rings. The Morgan fingerprint density at radius 1 is 0.967 bits per heavy atom. The number of carbonyl (C=O) groups excluding carboxylic acids is 1. The summed E-state index contributed by atoms with van der Waals surface area (Å²) in [6, 6.07) is 23.4. The average Bonchev–Trinajstić information content (AvgIpc) is 2.81. The number of nitrogens with zero attached hydrogens (tertiary/aromatic N) is 4. The van der Waals surface area contributed by atoms with E-state index in [0.717, 1.165) is 31.0 Å². The highest BCUT2D eigenvalue weighted by Gasteiger charge is 2.23. The van der Waals surface area contributed by atoms with Gasteiger partial charge in [-0.1, -0.05) is 42.5 Å². The molecule has 1 aliphatic heterocycles. The number of rotatable bonds is 5. The molecule has 150 valence electrons. The maximum absolute atomic E-state index is 12.8. The maximum Gasteiger partial charge on any atom is 0.272 e. The largest absolute Gasteiger partial charge is 0.353 e. The van der Waals surface area contributed by atoms with Crippen molar-refractivity contribution >= 4 is 17.3 Å². The standard InChI is InChI=1S/C24H23N5O/c25-16-20-8-4-5-9-22(20)27-21-10-11-23(26-17-21)24(30)29-14-12-28(13-15-29)18-19-6-2-1-3-7-19/h1-11,17,27H,12-15,18H2. The molecule has 6 nitrogen and oxygen atoms in total. The van der Waals surface area contributed by atoms with Gasteiger partial charge in [-0.15, -0.1) is 0 Å². The van der Waals surface area contributed by atoms with Crippen LogP contribution in [0.5, 0.6) is 0 Å². The van der Waals surface area contributed by atoms with Crippen LogP contribution in [0.4, 0.5) is 11.4 Å². The fraction of sp³-hybridized carbons (Fsp3) is 0.208. The molecule has 0 aliphatic carbocycles. The summed E-state index contributed by atoms with van der Waals surface area (Å²) in [7, 11) is 0. The van der Waals surface area contributed by atoms with Crippen molar-refractivity contribution in [3.05, 3.63) is 89.7 Å². The van der Waals surface area contributed by atoms with Crippen LogP contribution in [-0.2, 0) is 6.54 Å². The van der Waals surface area contributed by atoms with Crippen LogP contribution < -0.4 is 5.32 Å². The minimum absolute atomic E-state index is 0.0432. The third-order valence-corrected chi connectivity index (χ3v) is 5.22. The van der Waals surface area contributed by atoms with Gasteiger partial charge >= 0.3 is 0 Å². The zero-order valence-corrected chi connectivity index (χ0v) is 16.7. The lowest BCUT2D eigenvalue weighted by molar-refractivity contribution is 0.0623. The van der Waals surface area contributed by atoms with E-state index in [4.69, 9.17) is 0 Å². The van der Waals surface area contributed by atoms with Crippen molar-refractivity contribution in [2.45, 2.75) is 6.54 Å². The fourth-order valence-corrected chi connectivity index (χ4v) is 3.55. The Kier molecular flexibility index (Phi) is 6.02. The predicted octanol–water partition coefficient (Wildman–Crippen LogP) is 3.65. The van der Waals surface area contributed by atoms with Crippen LogP contribution in [0.2, 0.25) is 0 Å². The molecule has 6 heteroatoms. The molecule has 30 heavy (non-hydrogen) atoms. The van der Waals surface area contributed by atoms with Crippen molar-refractivity contribution in [3.8, 4) is 6.07 Å². The quantitative estimate of drug-likeness (QED) is 0.711. The zero-order chi connectivity index (χ0) is 20.8. The number of hydrogen-bond donors (Lipinski definition) is 1. The molecule has 0 spiro atoms. The number of carbonyl (C=O) groups is 1. The zero-order valence-electron chi connectivity index (χ0n) is 16.7. The van der Waals surface area contributed by atoms with Gasteiger partial charge in [-0.05, 0) is 29.8 Å². The molecule has 4 rings (SSSR count). The lowest BCUT2D eigenvalue weighted by atomic mass is 10.2. The number of hydrogen-bond acceptors (Lipinski definition) is 5. The lowest BCUT2D eigenvalue weighted by Crippen LogP contribution is -2.48. The number of amides is 1. The van der Waals surface area contributed by atoms with Crippen molar-refractivity contribution in [2.24, 2.45) is 0 Å². The van der Waals surface area contributed by atoms with Crippen molar-refractivity contribution in [1.29, 1.82) is 5.26 Å². The normalized spacial score (nSPS) is 14.2. The highest BCUT2D eigenvalue weighted by Crippen LogP contribution is 2.20.